The quantitative estimate of drug-likeness (QED) is 0.322. The Morgan fingerprint density at radius 1 is 1.03 bits per heavy atom. The van der Waals surface area contributed by atoms with Crippen molar-refractivity contribution in [3.8, 4) is 11.5 Å². The summed E-state index contributed by atoms with van der Waals surface area (Å²) in [7, 11) is 0. The molecular formula is C28H23ClN4O3. The highest BCUT2D eigenvalue weighted by molar-refractivity contribution is 6.31. The molecule has 0 radical (unpaired) electrons. The Hall–Kier alpha value is -4.36. The lowest BCUT2D eigenvalue weighted by Gasteiger charge is -2.23. The Bertz CT molecular complexity index is 1390. The van der Waals surface area contributed by atoms with Gasteiger partial charge in [-0.3, -0.25) is 4.98 Å². The molecule has 1 aromatic heterocycles. The normalized spacial score (nSPS) is 14.9. The van der Waals surface area contributed by atoms with Crippen LogP contribution in [0.1, 0.15) is 29.2 Å². The Morgan fingerprint density at radius 3 is 2.56 bits per heavy atom. The standard InChI is InChI=1S/C28H23ClN4O3/c29-24-9-3-1-6-20(24)18-36-22-13-11-21(12-14-22)31-28(35)33-26(23-8-2-4-10-27(23)34)16-25(32-33)19-7-5-15-30-17-19/h1-15,17,26,34H,16,18H2,(H,31,35). The predicted molar refractivity (Wildman–Crippen MR) is 139 cm³/mol. The fourth-order valence-corrected chi connectivity index (χ4v) is 4.20. The number of nitrogens with one attached hydrogen (secondary N) is 1. The van der Waals surface area contributed by atoms with Crippen LogP contribution in [0.4, 0.5) is 10.5 Å². The van der Waals surface area contributed by atoms with E-state index in [-0.39, 0.29) is 5.75 Å². The van der Waals surface area contributed by atoms with Crippen molar-refractivity contribution < 1.29 is 14.6 Å². The van der Waals surface area contributed by atoms with Crippen LogP contribution >= 0.6 is 11.6 Å². The van der Waals surface area contributed by atoms with Crippen LogP contribution in [0, 0.1) is 0 Å². The molecule has 0 saturated carbocycles. The summed E-state index contributed by atoms with van der Waals surface area (Å²) in [5.74, 6) is 0.765. The first-order valence-electron chi connectivity index (χ1n) is 11.4. The fraction of sp³-hybridized carbons (Fsp3) is 0.107. The third kappa shape index (κ3) is 5.16. The lowest BCUT2D eigenvalue weighted by molar-refractivity contribution is 0.199. The minimum absolute atomic E-state index is 0.114. The molecule has 36 heavy (non-hydrogen) atoms. The second-order valence-corrected chi connectivity index (χ2v) is 8.65. The number of carbonyl (C=O) groups is 1. The zero-order valence-electron chi connectivity index (χ0n) is 19.2. The number of carbonyl (C=O) groups excluding carboxylic acids is 1. The highest BCUT2D eigenvalue weighted by atomic mass is 35.5. The molecule has 1 unspecified atom stereocenters. The van der Waals surface area contributed by atoms with Crippen molar-refractivity contribution >= 4 is 29.0 Å². The maximum atomic E-state index is 13.3. The van der Waals surface area contributed by atoms with E-state index in [4.69, 9.17) is 16.3 Å². The van der Waals surface area contributed by atoms with E-state index in [1.807, 2.05) is 42.5 Å². The Labute approximate surface area is 213 Å². The smallest absolute Gasteiger partial charge is 0.342 e. The first-order valence-corrected chi connectivity index (χ1v) is 11.8. The number of hydrazone groups is 1. The first kappa shape index (κ1) is 23.4. The molecule has 180 valence electrons. The van der Waals surface area contributed by atoms with Gasteiger partial charge in [0.2, 0.25) is 0 Å². The Balaban J connectivity index is 1.31. The minimum atomic E-state index is -0.459. The van der Waals surface area contributed by atoms with Crippen LogP contribution in [0.2, 0.25) is 5.02 Å². The molecule has 0 saturated heterocycles. The first-order chi connectivity index (χ1) is 17.6. The lowest BCUT2D eigenvalue weighted by atomic mass is 9.98. The summed E-state index contributed by atoms with van der Waals surface area (Å²) >= 11 is 6.19. The SMILES string of the molecule is O=C(Nc1ccc(OCc2ccccc2Cl)cc1)N1N=C(c2cccnc2)CC1c1ccccc1O. The number of aromatic hydroxyl groups is 1. The molecule has 0 aliphatic carbocycles. The molecule has 2 N–H and O–H groups in total. The third-order valence-electron chi connectivity index (χ3n) is 5.87. The van der Waals surface area contributed by atoms with Crippen LogP contribution in [0.15, 0.2) is 102 Å². The summed E-state index contributed by atoms with van der Waals surface area (Å²) in [6.07, 6.45) is 3.85. The van der Waals surface area contributed by atoms with Gasteiger partial charge in [-0.25, -0.2) is 9.80 Å². The number of benzene rings is 3. The number of nitrogens with zero attached hydrogens (tertiary/aromatic N) is 3. The van der Waals surface area contributed by atoms with Crippen LogP contribution in [-0.2, 0) is 6.61 Å². The molecule has 2 amide bonds. The summed E-state index contributed by atoms with van der Waals surface area (Å²) in [6, 6.07) is 24.4. The van der Waals surface area contributed by atoms with Gasteiger partial charge in [-0.2, -0.15) is 5.10 Å². The molecule has 2 heterocycles. The summed E-state index contributed by atoms with van der Waals surface area (Å²) in [5, 5.41) is 20.0. The van der Waals surface area contributed by atoms with E-state index in [1.54, 1.807) is 54.9 Å². The number of phenolic OH excluding ortho intramolecular Hbond substituents is 1. The van der Waals surface area contributed by atoms with Crippen LogP contribution in [0.3, 0.4) is 0 Å². The lowest BCUT2D eigenvalue weighted by Crippen LogP contribution is -2.31. The van der Waals surface area contributed by atoms with Crippen molar-refractivity contribution in [2.24, 2.45) is 5.10 Å². The molecule has 8 heteroatoms. The van der Waals surface area contributed by atoms with E-state index in [1.165, 1.54) is 5.01 Å². The number of halogens is 1. The van der Waals surface area contributed by atoms with Crippen LogP contribution in [0.25, 0.3) is 0 Å². The molecule has 7 nitrogen and oxygen atoms in total. The van der Waals surface area contributed by atoms with E-state index >= 15 is 0 Å². The summed E-state index contributed by atoms with van der Waals surface area (Å²) < 4.78 is 5.82. The van der Waals surface area contributed by atoms with Crippen molar-refractivity contribution in [1.82, 2.24) is 9.99 Å². The molecule has 1 aliphatic heterocycles. The Morgan fingerprint density at radius 2 is 1.81 bits per heavy atom. The monoisotopic (exact) mass is 498 g/mol. The van der Waals surface area contributed by atoms with Gasteiger partial charge in [0, 0.05) is 46.2 Å². The summed E-state index contributed by atoms with van der Waals surface area (Å²) in [4.78, 5) is 17.4. The van der Waals surface area contributed by atoms with Crippen molar-refractivity contribution in [3.63, 3.8) is 0 Å². The third-order valence-corrected chi connectivity index (χ3v) is 6.24. The molecule has 4 aromatic rings. The summed E-state index contributed by atoms with van der Waals surface area (Å²) in [5.41, 5.74) is 3.65. The number of anilines is 1. The van der Waals surface area contributed by atoms with Gasteiger partial charge in [0.05, 0.1) is 11.8 Å². The topological polar surface area (TPSA) is 87.0 Å². The molecular weight excluding hydrogens is 476 g/mol. The molecule has 1 atom stereocenters. The van der Waals surface area contributed by atoms with Gasteiger partial charge < -0.3 is 15.2 Å². The maximum absolute atomic E-state index is 13.3. The average Bonchev–Trinajstić information content (AvgIpc) is 3.35. The van der Waals surface area contributed by atoms with E-state index in [0.29, 0.717) is 35.1 Å². The highest BCUT2D eigenvalue weighted by Gasteiger charge is 2.34. The van der Waals surface area contributed by atoms with Crippen molar-refractivity contribution in [2.45, 2.75) is 19.1 Å². The van der Waals surface area contributed by atoms with E-state index in [0.717, 1.165) is 16.8 Å². The molecule has 3 aromatic carbocycles. The zero-order chi connectivity index (χ0) is 24.9. The van der Waals surface area contributed by atoms with Crippen LogP contribution < -0.4 is 10.1 Å². The van der Waals surface area contributed by atoms with Crippen LogP contribution in [0.5, 0.6) is 11.5 Å². The molecule has 0 bridgehead atoms. The second-order valence-electron chi connectivity index (χ2n) is 8.25. The average molecular weight is 499 g/mol. The van der Waals surface area contributed by atoms with E-state index in [2.05, 4.69) is 15.4 Å². The minimum Gasteiger partial charge on any atom is -0.508 e. The van der Waals surface area contributed by atoms with Gasteiger partial charge in [0.15, 0.2) is 0 Å². The largest absolute Gasteiger partial charge is 0.508 e. The zero-order valence-corrected chi connectivity index (χ0v) is 20.0. The number of pyridine rings is 1. The number of phenols is 1. The maximum Gasteiger partial charge on any atom is 0.342 e. The highest BCUT2D eigenvalue weighted by Crippen LogP contribution is 2.37. The number of para-hydroxylation sites is 1. The second kappa shape index (κ2) is 10.5. The number of hydrogen-bond donors (Lipinski definition) is 2. The molecule has 0 fully saturated rings. The summed E-state index contributed by atoms with van der Waals surface area (Å²) in [6.45, 7) is 0.341. The molecule has 0 spiro atoms. The predicted octanol–water partition coefficient (Wildman–Crippen LogP) is 6.40. The van der Waals surface area contributed by atoms with Crippen molar-refractivity contribution in [1.29, 1.82) is 0 Å². The number of ether oxygens (including phenoxy) is 1. The Kier molecular flexibility index (Phi) is 6.82. The number of amides is 2. The van der Waals surface area contributed by atoms with Gasteiger partial charge in [-0.1, -0.05) is 54.1 Å². The van der Waals surface area contributed by atoms with Crippen LogP contribution in [-0.4, -0.2) is 26.8 Å². The van der Waals surface area contributed by atoms with Gasteiger partial charge in [-0.15, -0.1) is 0 Å². The van der Waals surface area contributed by atoms with Crippen molar-refractivity contribution in [2.75, 3.05) is 5.32 Å². The van der Waals surface area contributed by atoms with Gasteiger partial charge >= 0.3 is 6.03 Å². The number of rotatable bonds is 6. The van der Waals surface area contributed by atoms with Gasteiger partial charge in [-0.05, 0) is 42.5 Å². The van der Waals surface area contributed by atoms with Crippen molar-refractivity contribution in [3.05, 3.63) is 119 Å². The van der Waals surface area contributed by atoms with E-state index in [9.17, 15) is 9.90 Å². The molecule has 1 aliphatic rings. The number of urea groups is 1. The van der Waals surface area contributed by atoms with Gasteiger partial charge in [0.1, 0.15) is 18.1 Å². The molecule has 5 rings (SSSR count). The fourth-order valence-electron chi connectivity index (χ4n) is 4.01. The number of hydrogen-bond acceptors (Lipinski definition) is 5. The number of aromatic nitrogens is 1. The van der Waals surface area contributed by atoms with E-state index < -0.39 is 12.1 Å². The van der Waals surface area contributed by atoms with Gasteiger partial charge in [0.25, 0.3) is 0 Å².